The van der Waals surface area contributed by atoms with Gasteiger partial charge in [0.2, 0.25) is 5.91 Å². The molecule has 1 amide bonds. The fraction of sp³-hybridized carbons (Fsp3) is 0.474. The minimum absolute atomic E-state index is 0. The van der Waals surface area contributed by atoms with Crippen molar-refractivity contribution < 1.29 is 9.18 Å². The summed E-state index contributed by atoms with van der Waals surface area (Å²) in [5.41, 5.74) is 3.54. The Morgan fingerprint density at radius 3 is 2.65 bits per heavy atom. The standard InChI is InChI=1S/C19H25FN4O.ClH/c1-13-18(11-19(25)23-10-4-5-17(23)12-21-3)14(2)24(22-13)16-8-6-15(20)7-9-16;/h6-9,17,21H,4-5,10-12H2,1-3H3;1H. The van der Waals surface area contributed by atoms with Gasteiger partial charge in [0.1, 0.15) is 5.82 Å². The van der Waals surface area contributed by atoms with Crippen molar-refractivity contribution in [2.45, 2.75) is 39.2 Å². The molecule has 2 heterocycles. The van der Waals surface area contributed by atoms with Crippen LogP contribution in [-0.2, 0) is 11.2 Å². The maximum Gasteiger partial charge on any atom is 0.227 e. The van der Waals surface area contributed by atoms with Crippen molar-refractivity contribution >= 4 is 18.3 Å². The lowest BCUT2D eigenvalue weighted by atomic mass is 10.1. The smallest absolute Gasteiger partial charge is 0.227 e. The third-order valence-corrected chi connectivity index (χ3v) is 4.98. The van der Waals surface area contributed by atoms with Crippen LogP contribution < -0.4 is 5.32 Å². The first-order valence-corrected chi connectivity index (χ1v) is 8.76. The van der Waals surface area contributed by atoms with Crippen LogP contribution >= 0.6 is 12.4 Å². The lowest BCUT2D eigenvalue weighted by Crippen LogP contribution is -2.41. The minimum atomic E-state index is -0.273. The van der Waals surface area contributed by atoms with Crippen molar-refractivity contribution in [3.05, 3.63) is 47.0 Å². The second kappa shape index (κ2) is 8.64. The summed E-state index contributed by atoms with van der Waals surface area (Å²) in [7, 11) is 1.92. The van der Waals surface area contributed by atoms with Crippen LogP contribution in [-0.4, -0.2) is 46.8 Å². The van der Waals surface area contributed by atoms with Crippen LogP contribution in [0.1, 0.15) is 29.8 Å². The number of benzene rings is 1. The van der Waals surface area contributed by atoms with Gasteiger partial charge in [-0.05, 0) is 58.0 Å². The summed E-state index contributed by atoms with van der Waals surface area (Å²) in [6.07, 6.45) is 2.48. The first kappa shape index (κ1) is 20.4. The number of hydrogen-bond acceptors (Lipinski definition) is 3. The summed E-state index contributed by atoms with van der Waals surface area (Å²) in [6, 6.07) is 6.52. The van der Waals surface area contributed by atoms with Gasteiger partial charge in [0.15, 0.2) is 0 Å². The van der Waals surface area contributed by atoms with Gasteiger partial charge in [0, 0.05) is 30.4 Å². The summed E-state index contributed by atoms with van der Waals surface area (Å²) in [5, 5.41) is 7.73. The summed E-state index contributed by atoms with van der Waals surface area (Å²) in [6.45, 7) is 5.54. The molecule has 1 saturated heterocycles. The van der Waals surface area contributed by atoms with E-state index in [1.165, 1.54) is 12.1 Å². The number of rotatable bonds is 5. The van der Waals surface area contributed by atoms with Gasteiger partial charge >= 0.3 is 0 Å². The number of aromatic nitrogens is 2. The number of amides is 1. The molecule has 7 heteroatoms. The van der Waals surface area contributed by atoms with E-state index in [-0.39, 0.29) is 30.2 Å². The quantitative estimate of drug-likeness (QED) is 0.867. The number of likely N-dealkylation sites (N-methyl/N-ethyl adjacent to an activating group) is 1. The van der Waals surface area contributed by atoms with E-state index in [9.17, 15) is 9.18 Å². The predicted molar refractivity (Wildman–Crippen MR) is 103 cm³/mol. The van der Waals surface area contributed by atoms with Gasteiger partial charge in [-0.1, -0.05) is 0 Å². The highest BCUT2D eigenvalue weighted by atomic mass is 35.5. The van der Waals surface area contributed by atoms with E-state index in [0.717, 1.165) is 48.6 Å². The second-order valence-corrected chi connectivity index (χ2v) is 6.66. The van der Waals surface area contributed by atoms with Gasteiger partial charge < -0.3 is 10.2 Å². The first-order valence-electron chi connectivity index (χ1n) is 8.76. The zero-order valence-electron chi connectivity index (χ0n) is 15.5. The number of likely N-dealkylation sites (tertiary alicyclic amines) is 1. The molecule has 0 saturated carbocycles. The van der Waals surface area contributed by atoms with Gasteiger partial charge in [-0.3, -0.25) is 4.79 Å². The van der Waals surface area contributed by atoms with Crippen LogP contribution in [0.4, 0.5) is 4.39 Å². The van der Waals surface area contributed by atoms with E-state index in [4.69, 9.17) is 0 Å². The monoisotopic (exact) mass is 380 g/mol. The SMILES string of the molecule is CNCC1CCCN1C(=O)Cc1c(C)nn(-c2ccc(F)cc2)c1C.Cl. The molecule has 1 fully saturated rings. The Hall–Kier alpha value is -1.92. The zero-order chi connectivity index (χ0) is 18.0. The molecular weight excluding hydrogens is 355 g/mol. The molecule has 0 bridgehead atoms. The second-order valence-electron chi connectivity index (χ2n) is 6.66. The normalized spacial score (nSPS) is 16.6. The lowest BCUT2D eigenvalue weighted by molar-refractivity contribution is -0.131. The van der Waals surface area contributed by atoms with Crippen LogP contribution in [0.25, 0.3) is 5.69 Å². The molecule has 1 aliphatic rings. The van der Waals surface area contributed by atoms with Crippen molar-refractivity contribution in [2.75, 3.05) is 20.1 Å². The molecule has 0 spiro atoms. The number of hydrogen-bond donors (Lipinski definition) is 1. The van der Waals surface area contributed by atoms with Gasteiger partial charge in [-0.2, -0.15) is 5.10 Å². The van der Waals surface area contributed by atoms with Crippen LogP contribution in [0.5, 0.6) is 0 Å². The van der Waals surface area contributed by atoms with Crippen molar-refractivity contribution in [3.8, 4) is 5.69 Å². The average molecular weight is 381 g/mol. The van der Waals surface area contributed by atoms with Crippen LogP contribution in [0.15, 0.2) is 24.3 Å². The number of aryl methyl sites for hydroxylation is 1. The Bertz CT molecular complexity index is 760. The molecule has 0 aliphatic carbocycles. The number of carbonyl (C=O) groups is 1. The highest BCUT2D eigenvalue weighted by Crippen LogP contribution is 2.22. The molecule has 5 nitrogen and oxygen atoms in total. The number of halogens is 2. The van der Waals surface area contributed by atoms with Gasteiger partial charge in [0.25, 0.3) is 0 Å². The Morgan fingerprint density at radius 2 is 2.00 bits per heavy atom. The first-order chi connectivity index (χ1) is 12.0. The Kier molecular flexibility index (Phi) is 6.78. The molecule has 2 aromatic rings. The molecule has 142 valence electrons. The molecule has 0 radical (unpaired) electrons. The average Bonchev–Trinajstić information content (AvgIpc) is 3.16. The Morgan fingerprint density at radius 1 is 1.31 bits per heavy atom. The van der Waals surface area contributed by atoms with Crippen molar-refractivity contribution in [1.82, 2.24) is 20.0 Å². The van der Waals surface area contributed by atoms with E-state index in [1.807, 2.05) is 25.8 Å². The molecule has 1 aliphatic heterocycles. The minimum Gasteiger partial charge on any atom is -0.338 e. The Labute approximate surface area is 160 Å². The third-order valence-electron chi connectivity index (χ3n) is 4.98. The summed E-state index contributed by atoms with van der Waals surface area (Å²) in [5.74, 6) is -0.118. The summed E-state index contributed by atoms with van der Waals surface area (Å²) < 4.78 is 14.9. The predicted octanol–water partition coefficient (Wildman–Crippen LogP) is 2.80. The molecule has 1 N–H and O–H groups in total. The largest absolute Gasteiger partial charge is 0.338 e. The maximum absolute atomic E-state index is 13.1. The molecule has 1 aromatic carbocycles. The van der Waals surface area contributed by atoms with Crippen molar-refractivity contribution in [2.24, 2.45) is 0 Å². The van der Waals surface area contributed by atoms with Gasteiger partial charge in [-0.25, -0.2) is 9.07 Å². The van der Waals surface area contributed by atoms with E-state index in [1.54, 1.807) is 16.8 Å². The van der Waals surface area contributed by atoms with Crippen molar-refractivity contribution in [1.29, 1.82) is 0 Å². The van der Waals surface area contributed by atoms with E-state index >= 15 is 0 Å². The fourth-order valence-corrected chi connectivity index (χ4v) is 3.63. The number of nitrogens with one attached hydrogen (secondary N) is 1. The molecule has 1 atom stereocenters. The molecular formula is C19H26ClFN4O. The third kappa shape index (κ3) is 4.07. The molecule has 26 heavy (non-hydrogen) atoms. The van der Waals surface area contributed by atoms with E-state index < -0.39 is 0 Å². The highest BCUT2D eigenvalue weighted by Gasteiger charge is 2.29. The van der Waals surface area contributed by atoms with Gasteiger partial charge in [0.05, 0.1) is 17.8 Å². The topological polar surface area (TPSA) is 50.2 Å². The van der Waals surface area contributed by atoms with Crippen LogP contribution in [0.2, 0.25) is 0 Å². The summed E-state index contributed by atoms with van der Waals surface area (Å²) in [4.78, 5) is 14.8. The van der Waals surface area contributed by atoms with E-state index in [2.05, 4.69) is 10.4 Å². The Balaban J connectivity index is 0.00000243. The zero-order valence-corrected chi connectivity index (χ0v) is 16.3. The van der Waals surface area contributed by atoms with Crippen LogP contribution in [0.3, 0.4) is 0 Å². The lowest BCUT2D eigenvalue weighted by Gasteiger charge is -2.24. The number of carbonyl (C=O) groups excluding carboxylic acids is 1. The van der Waals surface area contributed by atoms with Crippen molar-refractivity contribution in [3.63, 3.8) is 0 Å². The fourth-order valence-electron chi connectivity index (χ4n) is 3.63. The van der Waals surface area contributed by atoms with Gasteiger partial charge in [-0.15, -0.1) is 12.4 Å². The molecule has 3 rings (SSSR count). The van der Waals surface area contributed by atoms with E-state index in [0.29, 0.717) is 6.42 Å². The highest BCUT2D eigenvalue weighted by molar-refractivity contribution is 5.85. The molecule has 1 unspecified atom stereocenters. The maximum atomic E-state index is 13.1. The summed E-state index contributed by atoms with van der Waals surface area (Å²) >= 11 is 0. The number of nitrogens with zero attached hydrogens (tertiary/aromatic N) is 3. The van der Waals surface area contributed by atoms with Crippen LogP contribution in [0, 0.1) is 19.7 Å². The molecule has 1 aromatic heterocycles.